The highest BCUT2D eigenvalue weighted by atomic mass is 32.2. The SMILES string of the molecule is CC(C)C[C@H](NC(=O)[C@H](CO)NC(=O)[C@H](CCC(=O)O)NC(=O)[C@@H](NC(=O)[C@H](CSCC(=O)Nc1ccccc1)NC(=O)[C@@H](N)CSCC(=O)Nc1ccccc1)[C@@H](C)O)C(=O)N[C@H](C(=O)N[C@@H](CC(N)=O)C(=O)N[C@@H](CCCN=C(N)N)C(=O)O)C(C)C. The van der Waals surface area contributed by atoms with Crippen LogP contribution in [0.4, 0.5) is 11.4 Å². The molecule has 0 fully saturated rings. The Morgan fingerprint density at radius 3 is 1.47 bits per heavy atom. The van der Waals surface area contributed by atoms with Crippen LogP contribution in [0.25, 0.3) is 0 Å². The molecule has 0 unspecified atom stereocenters. The summed E-state index contributed by atoms with van der Waals surface area (Å²) in [4.78, 5) is 175. The van der Waals surface area contributed by atoms with Crippen LogP contribution in [0.2, 0.25) is 0 Å². The number of nitrogens with one attached hydrogen (secondary N) is 10. The molecule has 32 nitrogen and oxygen atoms in total. The number of nitrogens with zero attached hydrogens (tertiary/aromatic N) is 1. The molecule has 2 aromatic carbocycles. The average molecular weight is 1290 g/mol. The molecule has 492 valence electrons. The van der Waals surface area contributed by atoms with Gasteiger partial charge in [0.15, 0.2) is 5.96 Å². The Balaban J connectivity index is 2.31. The molecule has 10 atom stereocenters. The molecule has 2 rings (SSSR count). The van der Waals surface area contributed by atoms with Crippen molar-refractivity contribution in [2.75, 3.05) is 46.8 Å². The number of para-hydroxylation sites is 2. The van der Waals surface area contributed by atoms with Crippen molar-refractivity contribution in [3.05, 3.63) is 60.7 Å². The van der Waals surface area contributed by atoms with Crippen LogP contribution in [-0.2, 0) is 62.3 Å². The molecule has 0 aliphatic heterocycles. The first-order valence-corrected chi connectivity index (χ1v) is 30.3. The van der Waals surface area contributed by atoms with Gasteiger partial charge in [-0.1, -0.05) is 64.1 Å². The molecule has 22 N–H and O–H groups in total. The Kier molecular flexibility index (Phi) is 34.4. The van der Waals surface area contributed by atoms with E-state index in [4.69, 9.17) is 22.9 Å². The second-order valence-electron chi connectivity index (χ2n) is 21.0. The van der Waals surface area contributed by atoms with E-state index in [-0.39, 0.29) is 66.6 Å². The number of carbonyl (C=O) groups is 13. The number of aliphatic carboxylic acids is 2. The number of thioether (sulfide) groups is 2. The lowest BCUT2D eigenvalue weighted by atomic mass is 9.99. The number of carbonyl (C=O) groups excluding carboxylic acids is 11. The summed E-state index contributed by atoms with van der Waals surface area (Å²) in [6.07, 6.45) is -4.18. The number of nitrogens with two attached hydrogens (primary N) is 4. The number of aliphatic hydroxyl groups is 2. The van der Waals surface area contributed by atoms with E-state index < -0.39 is 163 Å². The number of aliphatic imine (C=N–C) groups is 1. The van der Waals surface area contributed by atoms with Crippen LogP contribution in [0, 0.1) is 11.8 Å². The summed E-state index contributed by atoms with van der Waals surface area (Å²) in [5.74, 6) is -15.7. The number of hydrogen-bond donors (Lipinski definition) is 18. The Labute approximate surface area is 521 Å². The zero-order chi connectivity index (χ0) is 66.9. The largest absolute Gasteiger partial charge is 0.481 e. The van der Waals surface area contributed by atoms with Crippen LogP contribution in [0.5, 0.6) is 0 Å². The van der Waals surface area contributed by atoms with E-state index in [2.05, 4.69) is 58.2 Å². The molecule has 0 radical (unpaired) electrons. The smallest absolute Gasteiger partial charge is 0.326 e. The number of primary amides is 1. The fourth-order valence-electron chi connectivity index (χ4n) is 7.92. The molecule has 0 aliphatic carbocycles. The van der Waals surface area contributed by atoms with Crippen molar-refractivity contribution < 1.29 is 82.8 Å². The monoisotopic (exact) mass is 1290 g/mol. The standard InChI is InChI=1S/C55H83N15O17S2/c1-28(2)21-36(49(81)69-44(29(3)4)52(84)66-37(22-40(57)73)48(80)64-35(54(86)87)17-12-20-60-55(58)59)65-50(82)38(23-71)67-47(79)34(18-19-43(76)77)63-53(85)45(30(5)72)70-51(83)39(25-89-27-42(75)62-32-15-10-7-11-16-32)68-46(78)33(56)24-88-26-41(74)61-31-13-8-6-9-14-31/h6-11,13-16,28-30,33-39,44-45,71-72H,12,17-27,56H2,1-5H3,(H2,57,73)(H,61,74)(H,62,75)(H,63,85)(H,64,80)(H,65,82)(H,66,84)(H,67,79)(H,68,78)(H,69,81)(H,70,83)(H,76,77)(H,86,87)(H4,58,59,60)/t30-,33+,34+,35+,36+,37+,38+,39+,44+,45+/m1/s1. The molecule has 0 aromatic heterocycles. The van der Waals surface area contributed by atoms with Crippen molar-refractivity contribution in [3.8, 4) is 0 Å². The lowest BCUT2D eigenvalue weighted by Gasteiger charge is -2.29. The van der Waals surface area contributed by atoms with Gasteiger partial charge in [0.05, 0.1) is 36.7 Å². The van der Waals surface area contributed by atoms with Gasteiger partial charge in [0, 0.05) is 35.8 Å². The third-order valence-corrected chi connectivity index (χ3v) is 14.6. The van der Waals surface area contributed by atoms with Crippen molar-refractivity contribution in [1.82, 2.24) is 42.5 Å². The van der Waals surface area contributed by atoms with E-state index in [0.717, 1.165) is 30.4 Å². The van der Waals surface area contributed by atoms with Crippen molar-refractivity contribution in [2.45, 2.75) is 134 Å². The molecule has 0 saturated heterocycles. The first kappa shape index (κ1) is 76.5. The summed E-state index contributed by atoms with van der Waals surface area (Å²) in [7, 11) is 0. The van der Waals surface area contributed by atoms with E-state index in [0.29, 0.717) is 11.4 Å². The third-order valence-electron chi connectivity index (χ3n) is 12.5. The zero-order valence-corrected chi connectivity index (χ0v) is 51.5. The number of benzene rings is 2. The highest BCUT2D eigenvalue weighted by molar-refractivity contribution is 8.00. The van der Waals surface area contributed by atoms with Gasteiger partial charge in [0.2, 0.25) is 65.0 Å². The van der Waals surface area contributed by atoms with Gasteiger partial charge >= 0.3 is 11.9 Å². The number of hydrogen-bond acceptors (Lipinski definition) is 19. The van der Waals surface area contributed by atoms with Gasteiger partial charge in [-0.2, -0.15) is 0 Å². The summed E-state index contributed by atoms with van der Waals surface area (Å²) in [6.45, 7) is 6.29. The van der Waals surface area contributed by atoms with Crippen LogP contribution in [0.3, 0.4) is 0 Å². The number of rotatable bonds is 41. The highest BCUT2D eigenvalue weighted by Gasteiger charge is 2.37. The summed E-state index contributed by atoms with van der Waals surface area (Å²) >= 11 is 1.91. The lowest BCUT2D eigenvalue weighted by Crippen LogP contribution is -2.62. The number of carboxylic acid groups (broad SMARTS) is 2. The second-order valence-corrected chi connectivity index (χ2v) is 23.1. The van der Waals surface area contributed by atoms with Crippen molar-refractivity contribution in [1.29, 1.82) is 0 Å². The molecular formula is C55H83N15O17S2. The zero-order valence-electron chi connectivity index (χ0n) is 49.9. The fraction of sp³-hybridized carbons (Fsp3) is 0.527. The predicted molar refractivity (Wildman–Crippen MR) is 330 cm³/mol. The topological polar surface area (TPSA) is 540 Å². The maximum absolute atomic E-state index is 14.0. The normalized spacial score (nSPS) is 14.4. The molecule has 0 aliphatic rings. The van der Waals surface area contributed by atoms with E-state index in [1.807, 2.05) is 0 Å². The van der Waals surface area contributed by atoms with Crippen LogP contribution < -0.4 is 76.1 Å². The van der Waals surface area contributed by atoms with Gasteiger partial charge in [-0.25, -0.2) is 4.79 Å². The van der Waals surface area contributed by atoms with Crippen molar-refractivity contribution in [2.24, 2.45) is 39.8 Å². The first-order chi connectivity index (χ1) is 41.9. The predicted octanol–water partition coefficient (Wildman–Crippen LogP) is -4.11. The first-order valence-electron chi connectivity index (χ1n) is 28.0. The molecule has 0 spiro atoms. The van der Waals surface area contributed by atoms with Gasteiger partial charge in [-0.3, -0.25) is 62.5 Å². The van der Waals surface area contributed by atoms with Crippen LogP contribution in [0.15, 0.2) is 65.7 Å². The van der Waals surface area contributed by atoms with Gasteiger partial charge in [-0.15, -0.1) is 23.5 Å². The van der Waals surface area contributed by atoms with Gasteiger partial charge < -0.3 is 96.5 Å². The molecule has 2 aromatic rings. The molecule has 89 heavy (non-hydrogen) atoms. The number of carboxylic acids is 2. The maximum Gasteiger partial charge on any atom is 0.326 e. The average Bonchev–Trinajstić information content (AvgIpc) is 3.37. The minimum Gasteiger partial charge on any atom is -0.481 e. The van der Waals surface area contributed by atoms with Gasteiger partial charge in [-0.05, 0) is 68.7 Å². The lowest BCUT2D eigenvalue weighted by molar-refractivity contribution is -0.143. The molecule has 34 heteroatoms. The number of aliphatic hydroxyl groups excluding tert-OH is 2. The van der Waals surface area contributed by atoms with Crippen LogP contribution in [-0.4, -0.2) is 200 Å². The minimum atomic E-state index is -1.93. The van der Waals surface area contributed by atoms with E-state index in [9.17, 15) is 82.8 Å². The van der Waals surface area contributed by atoms with Crippen LogP contribution >= 0.6 is 23.5 Å². The van der Waals surface area contributed by atoms with Crippen LogP contribution in [0.1, 0.15) is 73.1 Å². The third kappa shape index (κ3) is 30.2. The Morgan fingerprint density at radius 1 is 0.528 bits per heavy atom. The van der Waals surface area contributed by atoms with E-state index >= 15 is 0 Å². The minimum absolute atomic E-state index is 0.0217. The maximum atomic E-state index is 14.0. The quantitative estimate of drug-likeness (QED) is 0.0171. The summed E-state index contributed by atoms with van der Waals surface area (Å²) in [6, 6.07) is 2.19. The Bertz CT molecular complexity index is 2760. The van der Waals surface area contributed by atoms with E-state index in [1.54, 1.807) is 74.5 Å². The Hall–Kier alpha value is -8.60. The molecule has 0 bridgehead atoms. The van der Waals surface area contributed by atoms with Gasteiger partial charge in [0.1, 0.15) is 48.3 Å². The fourth-order valence-corrected chi connectivity index (χ4v) is 9.54. The molecule has 0 heterocycles. The number of amides is 11. The van der Waals surface area contributed by atoms with Crippen molar-refractivity contribution >= 4 is 118 Å². The second kappa shape index (κ2) is 40.0. The summed E-state index contributed by atoms with van der Waals surface area (Å²) < 4.78 is 0. The van der Waals surface area contributed by atoms with E-state index in [1.165, 1.54) is 13.8 Å². The molecular weight excluding hydrogens is 1210 g/mol. The molecule has 11 amide bonds. The summed E-state index contributed by atoms with van der Waals surface area (Å²) in [5.41, 5.74) is 23.1. The highest BCUT2D eigenvalue weighted by Crippen LogP contribution is 2.14. The summed E-state index contributed by atoms with van der Waals surface area (Å²) in [5, 5.41) is 64.6. The Morgan fingerprint density at radius 2 is 0.978 bits per heavy atom. The number of guanidine groups is 1. The number of anilines is 2. The molecule has 0 saturated carbocycles. The van der Waals surface area contributed by atoms with Gasteiger partial charge in [0.25, 0.3) is 0 Å². The van der Waals surface area contributed by atoms with Crippen molar-refractivity contribution in [3.63, 3.8) is 0 Å².